The van der Waals surface area contributed by atoms with E-state index in [0.717, 1.165) is 5.56 Å². The van der Waals surface area contributed by atoms with Crippen LogP contribution in [0, 0.1) is 12.7 Å². The fraction of sp³-hybridized carbons (Fsp3) is 0.318. The zero-order valence-corrected chi connectivity index (χ0v) is 17.4. The van der Waals surface area contributed by atoms with Gasteiger partial charge in [0, 0.05) is 18.3 Å². The molecule has 0 saturated heterocycles. The Morgan fingerprint density at radius 2 is 1.70 bits per heavy atom. The number of esters is 1. The first-order valence-electron chi connectivity index (χ1n) is 9.57. The van der Waals surface area contributed by atoms with E-state index in [0.29, 0.717) is 12.1 Å². The van der Waals surface area contributed by atoms with Gasteiger partial charge in [-0.3, -0.25) is 4.79 Å². The van der Waals surface area contributed by atoms with Crippen molar-refractivity contribution in [1.29, 1.82) is 0 Å². The lowest BCUT2D eigenvalue weighted by molar-refractivity contribution is -0.123. The van der Waals surface area contributed by atoms with Gasteiger partial charge in [-0.2, -0.15) is 0 Å². The number of amides is 3. The van der Waals surface area contributed by atoms with Crippen molar-refractivity contribution in [2.45, 2.75) is 46.4 Å². The van der Waals surface area contributed by atoms with Crippen LogP contribution in [0.15, 0.2) is 42.5 Å². The second kappa shape index (κ2) is 10.4. The van der Waals surface area contributed by atoms with E-state index in [-0.39, 0.29) is 23.3 Å². The summed E-state index contributed by atoms with van der Waals surface area (Å²) in [6.45, 7) is 7.08. The molecule has 160 valence electrons. The molecule has 0 radical (unpaired) electrons. The maximum absolute atomic E-state index is 13.6. The summed E-state index contributed by atoms with van der Waals surface area (Å²) >= 11 is 0. The molecule has 2 aromatic carbocycles. The first-order valence-corrected chi connectivity index (χ1v) is 9.57. The first kappa shape index (κ1) is 22.9. The number of halogens is 1. The lowest BCUT2D eigenvalue weighted by Crippen LogP contribution is -2.39. The number of rotatable bonds is 7. The molecule has 0 bridgehead atoms. The third kappa shape index (κ3) is 6.88. The number of nitrogens with one attached hydrogen (secondary N) is 3. The van der Waals surface area contributed by atoms with E-state index in [1.54, 1.807) is 43.3 Å². The van der Waals surface area contributed by atoms with Gasteiger partial charge >= 0.3 is 12.0 Å². The van der Waals surface area contributed by atoms with E-state index in [9.17, 15) is 18.8 Å². The van der Waals surface area contributed by atoms with E-state index in [2.05, 4.69) is 16.0 Å². The van der Waals surface area contributed by atoms with Crippen molar-refractivity contribution < 1.29 is 23.5 Å². The average molecular weight is 415 g/mol. The summed E-state index contributed by atoms with van der Waals surface area (Å²) in [6, 6.07) is 10.6. The number of hydrogen-bond acceptors (Lipinski definition) is 4. The smallest absolute Gasteiger partial charge is 0.338 e. The molecule has 3 N–H and O–H groups in total. The molecule has 0 unspecified atom stereocenters. The third-order valence-corrected chi connectivity index (χ3v) is 4.15. The van der Waals surface area contributed by atoms with Crippen LogP contribution in [0.1, 0.15) is 42.3 Å². The molecule has 0 aliphatic heterocycles. The minimum absolute atomic E-state index is 0.0337. The molecule has 0 fully saturated rings. The highest BCUT2D eigenvalue weighted by Gasteiger charge is 2.19. The Bertz CT molecular complexity index is 913. The maximum Gasteiger partial charge on any atom is 0.338 e. The summed E-state index contributed by atoms with van der Waals surface area (Å²) in [5.74, 6) is -1.66. The first-order chi connectivity index (χ1) is 14.2. The second-order valence-corrected chi connectivity index (χ2v) is 7.18. The molecule has 0 saturated carbocycles. The quantitative estimate of drug-likeness (QED) is 0.603. The Balaban J connectivity index is 1.87. The summed E-state index contributed by atoms with van der Waals surface area (Å²) in [5, 5.41) is 7.94. The number of benzene rings is 2. The molecule has 0 spiro atoms. The topological polar surface area (TPSA) is 96.5 Å². The van der Waals surface area contributed by atoms with Crippen molar-refractivity contribution in [3.8, 4) is 0 Å². The minimum atomic E-state index is -1.07. The Morgan fingerprint density at radius 1 is 1.03 bits per heavy atom. The molecule has 30 heavy (non-hydrogen) atoms. The van der Waals surface area contributed by atoms with Crippen LogP contribution in [0.25, 0.3) is 0 Å². The van der Waals surface area contributed by atoms with Crippen molar-refractivity contribution in [3.63, 3.8) is 0 Å². The number of anilines is 1. The molecular formula is C22H26FN3O4. The fourth-order valence-electron chi connectivity index (χ4n) is 2.45. The van der Waals surface area contributed by atoms with Crippen LogP contribution in [0.2, 0.25) is 0 Å². The van der Waals surface area contributed by atoms with Crippen molar-refractivity contribution >= 4 is 23.6 Å². The number of aryl methyl sites for hydroxylation is 1. The summed E-state index contributed by atoms with van der Waals surface area (Å²) in [5.41, 5.74) is 1.82. The van der Waals surface area contributed by atoms with Crippen LogP contribution in [0.4, 0.5) is 14.9 Å². The van der Waals surface area contributed by atoms with Gasteiger partial charge in [0.15, 0.2) is 6.10 Å². The molecule has 0 aliphatic rings. The van der Waals surface area contributed by atoms with E-state index in [1.807, 2.05) is 13.8 Å². The van der Waals surface area contributed by atoms with Gasteiger partial charge in [-0.15, -0.1) is 0 Å². The monoisotopic (exact) mass is 415 g/mol. The number of urea groups is 1. The van der Waals surface area contributed by atoms with Crippen LogP contribution in [0.3, 0.4) is 0 Å². The minimum Gasteiger partial charge on any atom is -0.449 e. The van der Waals surface area contributed by atoms with Gasteiger partial charge in [0.1, 0.15) is 5.82 Å². The predicted molar refractivity (Wildman–Crippen MR) is 112 cm³/mol. The van der Waals surface area contributed by atoms with Crippen molar-refractivity contribution in [1.82, 2.24) is 10.6 Å². The fourth-order valence-corrected chi connectivity index (χ4v) is 2.45. The van der Waals surface area contributed by atoms with Crippen molar-refractivity contribution in [3.05, 3.63) is 65.0 Å². The highest BCUT2D eigenvalue weighted by Crippen LogP contribution is 2.14. The Labute approximate surface area is 175 Å². The average Bonchev–Trinajstić information content (AvgIpc) is 2.69. The van der Waals surface area contributed by atoms with Crippen LogP contribution >= 0.6 is 0 Å². The number of hydrogen-bond donors (Lipinski definition) is 3. The molecule has 3 amide bonds. The molecule has 0 heterocycles. The molecule has 7 nitrogen and oxygen atoms in total. The highest BCUT2D eigenvalue weighted by molar-refractivity contribution is 5.97. The van der Waals surface area contributed by atoms with E-state index >= 15 is 0 Å². The lowest BCUT2D eigenvalue weighted by atomic mass is 10.1. The maximum atomic E-state index is 13.6. The summed E-state index contributed by atoms with van der Waals surface area (Å²) < 4.78 is 18.8. The zero-order chi connectivity index (χ0) is 22.3. The van der Waals surface area contributed by atoms with Gasteiger partial charge in [-0.1, -0.05) is 18.2 Å². The summed E-state index contributed by atoms with van der Waals surface area (Å²) in [4.78, 5) is 36.1. The largest absolute Gasteiger partial charge is 0.449 e. The Hall–Kier alpha value is -3.42. The van der Waals surface area contributed by atoms with Crippen molar-refractivity contribution in [2.75, 3.05) is 5.32 Å². The standard InChI is InChI=1S/C22H26FN3O4/c1-13(2)25-22(29)24-12-16-6-8-17(9-7-16)21(28)30-15(4)20(27)26-18-10-5-14(3)19(23)11-18/h5-11,13,15H,12H2,1-4H3,(H,26,27)(H2,24,25,29)/t15-/m1/s1. The number of carbonyl (C=O) groups is 3. The van der Waals surface area contributed by atoms with Crippen LogP contribution < -0.4 is 16.0 Å². The predicted octanol–water partition coefficient (Wildman–Crippen LogP) is 3.53. The van der Waals surface area contributed by atoms with Gasteiger partial charge in [0.2, 0.25) is 0 Å². The van der Waals surface area contributed by atoms with Gasteiger partial charge in [0.25, 0.3) is 5.91 Å². The lowest BCUT2D eigenvalue weighted by Gasteiger charge is -2.14. The summed E-state index contributed by atoms with van der Waals surface area (Å²) in [7, 11) is 0. The van der Waals surface area contributed by atoms with E-state index in [1.165, 1.54) is 13.0 Å². The third-order valence-electron chi connectivity index (χ3n) is 4.15. The Morgan fingerprint density at radius 3 is 2.30 bits per heavy atom. The number of ether oxygens (including phenoxy) is 1. The molecule has 0 aromatic heterocycles. The molecule has 8 heteroatoms. The Kier molecular flexibility index (Phi) is 7.91. The molecule has 1 atom stereocenters. The van der Waals surface area contributed by atoms with Gasteiger partial charge in [0.05, 0.1) is 5.56 Å². The van der Waals surface area contributed by atoms with E-state index < -0.39 is 23.8 Å². The van der Waals surface area contributed by atoms with Gasteiger partial charge in [-0.25, -0.2) is 14.0 Å². The van der Waals surface area contributed by atoms with Gasteiger partial charge < -0.3 is 20.7 Å². The van der Waals surface area contributed by atoms with Crippen LogP contribution in [-0.2, 0) is 16.1 Å². The van der Waals surface area contributed by atoms with E-state index in [4.69, 9.17) is 4.74 Å². The normalized spacial score (nSPS) is 11.5. The summed E-state index contributed by atoms with van der Waals surface area (Å²) in [6.07, 6.45) is -1.07. The van der Waals surface area contributed by atoms with Crippen LogP contribution in [0.5, 0.6) is 0 Å². The van der Waals surface area contributed by atoms with Gasteiger partial charge in [-0.05, 0) is 63.1 Å². The molecule has 0 aliphatic carbocycles. The number of carbonyl (C=O) groups excluding carboxylic acids is 3. The second-order valence-electron chi connectivity index (χ2n) is 7.18. The van der Waals surface area contributed by atoms with Crippen molar-refractivity contribution in [2.24, 2.45) is 0 Å². The van der Waals surface area contributed by atoms with Crippen LogP contribution in [-0.4, -0.2) is 30.1 Å². The highest BCUT2D eigenvalue weighted by atomic mass is 19.1. The zero-order valence-electron chi connectivity index (χ0n) is 17.4. The molecule has 2 rings (SSSR count). The molecular weight excluding hydrogens is 389 g/mol. The SMILES string of the molecule is Cc1ccc(NC(=O)[C@@H](C)OC(=O)c2ccc(CNC(=O)NC(C)C)cc2)cc1F. The molecule has 2 aromatic rings.